The highest BCUT2D eigenvalue weighted by Gasteiger charge is 2.27. The minimum absolute atomic E-state index is 0.234. The topological polar surface area (TPSA) is 38.1 Å². The van der Waals surface area contributed by atoms with E-state index < -0.39 is 0 Å². The monoisotopic (exact) mass is 423 g/mol. The molecule has 1 saturated heterocycles. The van der Waals surface area contributed by atoms with E-state index in [2.05, 4.69) is 78.2 Å². The van der Waals surface area contributed by atoms with Crippen LogP contribution in [-0.4, -0.2) is 33.4 Å². The van der Waals surface area contributed by atoms with E-state index in [1.165, 1.54) is 16.6 Å². The third-order valence-electron chi connectivity index (χ3n) is 6.66. The fourth-order valence-electron chi connectivity index (χ4n) is 4.86. The number of likely N-dealkylation sites (tertiary alicyclic amines) is 1. The molecule has 0 saturated carbocycles. The van der Waals surface area contributed by atoms with Crippen molar-refractivity contribution in [2.24, 2.45) is 0 Å². The van der Waals surface area contributed by atoms with Crippen LogP contribution >= 0.6 is 0 Å². The number of hydrogen-bond donors (Lipinski definition) is 0. The van der Waals surface area contributed by atoms with Crippen LogP contribution in [0.5, 0.6) is 0 Å². The van der Waals surface area contributed by atoms with Gasteiger partial charge >= 0.3 is 0 Å². The highest BCUT2D eigenvalue weighted by Crippen LogP contribution is 2.30. The van der Waals surface area contributed by atoms with Gasteiger partial charge in [-0.15, -0.1) is 0 Å². The number of rotatable bonds is 5. The fourth-order valence-corrected chi connectivity index (χ4v) is 4.86. The third kappa shape index (κ3) is 4.18. The Bertz CT molecular complexity index is 1220. The third-order valence-corrected chi connectivity index (χ3v) is 6.66. The molecule has 4 nitrogen and oxygen atoms in total. The smallest absolute Gasteiger partial charge is 0.227 e. The molecule has 2 heterocycles. The van der Waals surface area contributed by atoms with Gasteiger partial charge in [-0.05, 0) is 48.6 Å². The van der Waals surface area contributed by atoms with Gasteiger partial charge in [0.05, 0.1) is 17.5 Å². The second kappa shape index (κ2) is 8.99. The summed E-state index contributed by atoms with van der Waals surface area (Å²) in [6.45, 7) is 3.67. The number of imidazole rings is 1. The lowest BCUT2D eigenvalue weighted by Crippen LogP contribution is -2.40. The van der Waals surface area contributed by atoms with Crippen LogP contribution in [0, 0.1) is 6.92 Å². The Hall–Kier alpha value is -3.40. The zero-order chi connectivity index (χ0) is 21.9. The summed E-state index contributed by atoms with van der Waals surface area (Å²) in [4.78, 5) is 20.0. The van der Waals surface area contributed by atoms with Gasteiger partial charge in [-0.3, -0.25) is 4.79 Å². The van der Waals surface area contributed by atoms with E-state index in [4.69, 9.17) is 4.98 Å². The van der Waals surface area contributed by atoms with Gasteiger partial charge in [0.1, 0.15) is 5.82 Å². The molecular weight excluding hydrogens is 394 g/mol. The maximum Gasteiger partial charge on any atom is 0.227 e. The first-order chi connectivity index (χ1) is 15.7. The van der Waals surface area contributed by atoms with Crippen molar-refractivity contribution in [3.63, 3.8) is 0 Å². The lowest BCUT2D eigenvalue weighted by Gasteiger charge is -2.34. The highest BCUT2D eigenvalue weighted by atomic mass is 16.2. The summed E-state index contributed by atoms with van der Waals surface area (Å²) in [7, 11) is 0. The van der Waals surface area contributed by atoms with Crippen molar-refractivity contribution in [1.29, 1.82) is 0 Å². The molecule has 0 aliphatic carbocycles. The molecule has 0 atom stereocenters. The molecular formula is C28H29N3O. The molecule has 3 aromatic carbocycles. The lowest BCUT2D eigenvalue weighted by molar-refractivity contribution is -0.131. The zero-order valence-electron chi connectivity index (χ0n) is 18.6. The Balaban J connectivity index is 1.34. The average Bonchev–Trinajstić information content (AvgIpc) is 3.19. The second-order valence-electron chi connectivity index (χ2n) is 8.76. The maximum atomic E-state index is 12.9. The number of aromatic nitrogens is 2. The first kappa shape index (κ1) is 20.5. The summed E-state index contributed by atoms with van der Waals surface area (Å²) in [5.41, 5.74) is 5.84. The molecule has 0 spiro atoms. The van der Waals surface area contributed by atoms with Gasteiger partial charge in [0.2, 0.25) is 5.91 Å². The number of hydrogen-bond acceptors (Lipinski definition) is 2. The molecule has 1 aliphatic rings. The zero-order valence-corrected chi connectivity index (χ0v) is 18.6. The van der Waals surface area contributed by atoms with E-state index in [1.807, 2.05) is 17.0 Å². The summed E-state index contributed by atoms with van der Waals surface area (Å²) in [6.07, 6.45) is 3.23. The van der Waals surface area contributed by atoms with Crippen LogP contribution in [-0.2, 0) is 17.6 Å². The molecule has 0 unspecified atom stereocenters. The Morgan fingerprint density at radius 1 is 0.906 bits per heavy atom. The van der Waals surface area contributed by atoms with Gasteiger partial charge in [-0.1, -0.05) is 66.7 Å². The van der Waals surface area contributed by atoms with Crippen LogP contribution in [0.3, 0.4) is 0 Å². The highest BCUT2D eigenvalue weighted by molar-refractivity contribution is 5.79. The van der Waals surface area contributed by atoms with Crippen LogP contribution in [0.15, 0.2) is 78.9 Å². The number of aryl methyl sites for hydroxylation is 1. The van der Waals surface area contributed by atoms with Crippen LogP contribution in [0.2, 0.25) is 0 Å². The van der Waals surface area contributed by atoms with Gasteiger partial charge in [0, 0.05) is 25.6 Å². The number of carbonyl (C=O) groups excluding carboxylic acids is 1. The molecule has 1 fully saturated rings. The van der Waals surface area contributed by atoms with E-state index in [1.54, 1.807) is 0 Å². The van der Waals surface area contributed by atoms with Crippen molar-refractivity contribution >= 4 is 16.9 Å². The molecule has 4 heteroatoms. The van der Waals surface area contributed by atoms with E-state index in [0.717, 1.165) is 49.3 Å². The Labute approximate surface area is 189 Å². The van der Waals surface area contributed by atoms with E-state index in [9.17, 15) is 4.79 Å². The van der Waals surface area contributed by atoms with Crippen molar-refractivity contribution in [3.05, 3.63) is 101 Å². The van der Waals surface area contributed by atoms with Crippen LogP contribution < -0.4 is 0 Å². The van der Waals surface area contributed by atoms with E-state index >= 15 is 0 Å². The summed E-state index contributed by atoms with van der Waals surface area (Å²) >= 11 is 0. The predicted octanol–water partition coefficient (Wildman–Crippen LogP) is 5.34. The van der Waals surface area contributed by atoms with Crippen LogP contribution in [0.1, 0.15) is 41.4 Å². The average molecular weight is 424 g/mol. The molecule has 4 aromatic rings. The van der Waals surface area contributed by atoms with Crippen molar-refractivity contribution in [3.8, 4) is 0 Å². The van der Waals surface area contributed by atoms with Crippen molar-refractivity contribution < 1.29 is 4.79 Å². The van der Waals surface area contributed by atoms with Crippen molar-refractivity contribution in [2.45, 2.75) is 38.6 Å². The molecule has 1 amide bonds. The van der Waals surface area contributed by atoms with Gasteiger partial charge in [0.15, 0.2) is 0 Å². The van der Waals surface area contributed by atoms with Crippen LogP contribution in [0.4, 0.5) is 0 Å². The Kier molecular flexibility index (Phi) is 5.76. The van der Waals surface area contributed by atoms with Gasteiger partial charge in [0.25, 0.3) is 0 Å². The molecule has 0 N–H and O–H groups in total. The number of piperidine rings is 1. The van der Waals surface area contributed by atoms with Gasteiger partial charge in [-0.2, -0.15) is 0 Å². The number of para-hydroxylation sites is 2. The second-order valence-corrected chi connectivity index (χ2v) is 8.76. The van der Waals surface area contributed by atoms with E-state index in [-0.39, 0.29) is 5.91 Å². The van der Waals surface area contributed by atoms with Crippen molar-refractivity contribution in [2.75, 3.05) is 13.1 Å². The number of fused-ring (bicyclic) bond motifs is 1. The lowest BCUT2D eigenvalue weighted by atomic mass is 10.0. The fraction of sp³-hybridized carbons (Fsp3) is 0.286. The van der Waals surface area contributed by atoms with Crippen LogP contribution in [0.25, 0.3) is 11.0 Å². The predicted molar refractivity (Wildman–Crippen MR) is 129 cm³/mol. The molecule has 1 aliphatic heterocycles. The van der Waals surface area contributed by atoms with E-state index in [0.29, 0.717) is 12.5 Å². The minimum Gasteiger partial charge on any atom is -0.342 e. The first-order valence-corrected chi connectivity index (χ1v) is 11.5. The Morgan fingerprint density at radius 3 is 2.38 bits per heavy atom. The normalized spacial score (nSPS) is 14.7. The number of benzene rings is 3. The molecule has 0 bridgehead atoms. The molecule has 1 aromatic heterocycles. The standard InChI is InChI=1S/C28H29N3O/c1-21-9-5-6-12-23(21)20-28(32)30-17-15-24(16-18-30)31-26-14-8-7-13-25(26)29-27(31)19-22-10-3-2-4-11-22/h2-14,24H,15-20H2,1H3. The molecule has 0 radical (unpaired) electrons. The first-order valence-electron chi connectivity index (χ1n) is 11.5. The Morgan fingerprint density at radius 2 is 1.59 bits per heavy atom. The number of amides is 1. The van der Waals surface area contributed by atoms with Crippen molar-refractivity contribution in [1.82, 2.24) is 14.5 Å². The quantitative estimate of drug-likeness (QED) is 0.434. The summed E-state index contributed by atoms with van der Waals surface area (Å²) in [6, 6.07) is 27.5. The SMILES string of the molecule is Cc1ccccc1CC(=O)N1CCC(n2c(Cc3ccccc3)nc3ccccc32)CC1. The summed E-state index contributed by atoms with van der Waals surface area (Å²) in [5.74, 6) is 1.35. The minimum atomic E-state index is 0.234. The summed E-state index contributed by atoms with van der Waals surface area (Å²) in [5, 5.41) is 0. The number of carbonyl (C=O) groups is 1. The molecule has 5 rings (SSSR count). The summed E-state index contributed by atoms with van der Waals surface area (Å²) < 4.78 is 2.44. The van der Waals surface area contributed by atoms with Gasteiger partial charge in [-0.25, -0.2) is 4.98 Å². The van der Waals surface area contributed by atoms with Gasteiger partial charge < -0.3 is 9.47 Å². The largest absolute Gasteiger partial charge is 0.342 e. The number of nitrogens with zero attached hydrogens (tertiary/aromatic N) is 3. The molecule has 32 heavy (non-hydrogen) atoms. The maximum absolute atomic E-state index is 12.9. The molecule has 162 valence electrons.